The molecule has 1 N–H and O–H groups in total. The van der Waals surface area contributed by atoms with Crippen molar-refractivity contribution in [1.29, 1.82) is 0 Å². The molecule has 0 fully saturated rings. The average molecular weight is 304 g/mol. The van der Waals surface area contributed by atoms with Crippen LogP contribution >= 0.6 is 0 Å². The lowest BCUT2D eigenvalue weighted by Gasteiger charge is -2.13. The standard InChI is InChI=1S/C19H16N2O2/c1-12-8-9-15(14-6-4-10-20-18(12)14)21-19(22)17-11-13-5-2-3-7-16(13)23-17/h2-10,17H,11H2,1H3,(H,21,22)/t17-/m1/s1. The van der Waals surface area contributed by atoms with Crippen molar-refractivity contribution < 1.29 is 9.53 Å². The molecule has 0 saturated heterocycles. The Hall–Kier alpha value is -2.88. The predicted octanol–water partition coefficient (Wildman–Crippen LogP) is 3.49. The highest BCUT2D eigenvalue weighted by Crippen LogP contribution is 2.30. The minimum atomic E-state index is -0.486. The van der Waals surface area contributed by atoms with E-state index in [2.05, 4.69) is 10.3 Å². The molecule has 114 valence electrons. The molecule has 0 bridgehead atoms. The largest absolute Gasteiger partial charge is 0.480 e. The Morgan fingerprint density at radius 1 is 1.17 bits per heavy atom. The molecule has 1 aromatic heterocycles. The number of ether oxygens (including phenoxy) is 1. The zero-order valence-electron chi connectivity index (χ0n) is 12.7. The maximum Gasteiger partial charge on any atom is 0.265 e. The molecule has 0 saturated carbocycles. The van der Waals surface area contributed by atoms with Crippen molar-refractivity contribution in [3.05, 3.63) is 65.9 Å². The van der Waals surface area contributed by atoms with Gasteiger partial charge in [0, 0.05) is 18.0 Å². The summed E-state index contributed by atoms with van der Waals surface area (Å²) in [5.41, 5.74) is 3.83. The molecule has 3 aromatic rings. The summed E-state index contributed by atoms with van der Waals surface area (Å²) in [5, 5.41) is 3.93. The first-order chi connectivity index (χ1) is 11.2. The maximum atomic E-state index is 12.6. The van der Waals surface area contributed by atoms with Gasteiger partial charge in [-0.15, -0.1) is 0 Å². The Bertz CT molecular complexity index is 880. The van der Waals surface area contributed by atoms with Gasteiger partial charge >= 0.3 is 0 Å². The molecule has 1 amide bonds. The Morgan fingerprint density at radius 2 is 2.04 bits per heavy atom. The van der Waals surface area contributed by atoms with E-state index in [1.165, 1.54) is 0 Å². The number of fused-ring (bicyclic) bond motifs is 2. The van der Waals surface area contributed by atoms with E-state index in [1.54, 1.807) is 6.20 Å². The van der Waals surface area contributed by atoms with Crippen molar-refractivity contribution in [2.24, 2.45) is 0 Å². The predicted molar refractivity (Wildman–Crippen MR) is 89.7 cm³/mol. The van der Waals surface area contributed by atoms with Gasteiger partial charge in [-0.2, -0.15) is 0 Å². The second-order valence-electron chi connectivity index (χ2n) is 5.74. The van der Waals surface area contributed by atoms with Crippen LogP contribution in [0.1, 0.15) is 11.1 Å². The fraction of sp³-hybridized carbons (Fsp3) is 0.158. The van der Waals surface area contributed by atoms with Crippen molar-refractivity contribution >= 4 is 22.5 Å². The van der Waals surface area contributed by atoms with Crippen LogP contribution in [-0.4, -0.2) is 17.0 Å². The van der Waals surface area contributed by atoms with E-state index >= 15 is 0 Å². The molecule has 2 aromatic carbocycles. The first kappa shape index (κ1) is 13.8. The first-order valence-electron chi connectivity index (χ1n) is 7.62. The van der Waals surface area contributed by atoms with Gasteiger partial charge in [-0.25, -0.2) is 0 Å². The summed E-state index contributed by atoms with van der Waals surface area (Å²) in [6.07, 6.45) is 1.88. The van der Waals surface area contributed by atoms with Crippen LogP contribution in [0.5, 0.6) is 5.75 Å². The molecule has 0 spiro atoms. The molecule has 1 aliphatic rings. The minimum Gasteiger partial charge on any atom is -0.480 e. The molecule has 4 rings (SSSR count). The van der Waals surface area contributed by atoms with Crippen LogP contribution in [0.3, 0.4) is 0 Å². The number of amides is 1. The number of hydrogen-bond acceptors (Lipinski definition) is 3. The van der Waals surface area contributed by atoms with Gasteiger partial charge in [0.2, 0.25) is 0 Å². The van der Waals surface area contributed by atoms with Gasteiger partial charge in [-0.3, -0.25) is 9.78 Å². The zero-order chi connectivity index (χ0) is 15.8. The molecule has 0 unspecified atom stereocenters. The second kappa shape index (κ2) is 5.39. The van der Waals surface area contributed by atoms with Gasteiger partial charge in [-0.05, 0) is 42.3 Å². The maximum absolute atomic E-state index is 12.6. The SMILES string of the molecule is Cc1ccc(NC(=O)[C@H]2Cc3ccccc3O2)c2cccnc12. The summed E-state index contributed by atoms with van der Waals surface area (Å²) in [6.45, 7) is 2.01. The molecule has 23 heavy (non-hydrogen) atoms. The highest BCUT2D eigenvalue weighted by Gasteiger charge is 2.29. The van der Waals surface area contributed by atoms with E-state index in [0.29, 0.717) is 6.42 Å². The Morgan fingerprint density at radius 3 is 2.91 bits per heavy atom. The molecular weight excluding hydrogens is 288 g/mol. The van der Waals surface area contributed by atoms with Crippen molar-refractivity contribution in [2.45, 2.75) is 19.4 Å². The van der Waals surface area contributed by atoms with Crippen LogP contribution in [-0.2, 0) is 11.2 Å². The molecule has 1 aliphatic heterocycles. The molecule has 4 heteroatoms. The number of aryl methyl sites for hydroxylation is 1. The first-order valence-corrected chi connectivity index (χ1v) is 7.62. The van der Waals surface area contributed by atoms with Crippen molar-refractivity contribution in [2.75, 3.05) is 5.32 Å². The van der Waals surface area contributed by atoms with E-state index in [9.17, 15) is 4.79 Å². The minimum absolute atomic E-state index is 0.129. The van der Waals surface area contributed by atoms with Crippen molar-refractivity contribution in [3.63, 3.8) is 0 Å². The van der Waals surface area contributed by atoms with Gasteiger partial charge in [0.15, 0.2) is 6.10 Å². The number of rotatable bonds is 2. The lowest BCUT2D eigenvalue weighted by molar-refractivity contribution is -0.122. The zero-order valence-corrected chi connectivity index (χ0v) is 12.7. The van der Waals surface area contributed by atoms with Crippen LogP contribution in [0.4, 0.5) is 5.69 Å². The number of aromatic nitrogens is 1. The summed E-state index contributed by atoms with van der Waals surface area (Å²) >= 11 is 0. The fourth-order valence-corrected chi connectivity index (χ4v) is 2.96. The highest BCUT2D eigenvalue weighted by atomic mass is 16.5. The summed E-state index contributed by atoms with van der Waals surface area (Å²) in [6, 6.07) is 15.5. The number of nitrogens with zero attached hydrogens (tertiary/aromatic N) is 1. The normalized spacial score (nSPS) is 16.0. The van der Waals surface area contributed by atoms with Gasteiger partial charge < -0.3 is 10.1 Å². The summed E-state index contributed by atoms with van der Waals surface area (Å²) in [4.78, 5) is 17.0. The number of pyridine rings is 1. The highest BCUT2D eigenvalue weighted by molar-refractivity contribution is 6.03. The summed E-state index contributed by atoms with van der Waals surface area (Å²) in [7, 11) is 0. The number of carbonyl (C=O) groups is 1. The second-order valence-corrected chi connectivity index (χ2v) is 5.74. The third-order valence-corrected chi connectivity index (χ3v) is 4.17. The quantitative estimate of drug-likeness (QED) is 0.788. The average Bonchev–Trinajstić information content (AvgIpc) is 3.02. The van der Waals surface area contributed by atoms with Crippen LogP contribution < -0.4 is 10.1 Å². The number of hydrogen-bond donors (Lipinski definition) is 1. The van der Waals surface area contributed by atoms with Crippen LogP contribution in [0.2, 0.25) is 0 Å². The smallest absolute Gasteiger partial charge is 0.265 e. The van der Waals surface area contributed by atoms with E-state index in [4.69, 9.17) is 4.74 Å². The number of anilines is 1. The van der Waals surface area contributed by atoms with E-state index in [-0.39, 0.29) is 5.91 Å². The Kier molecular flexibility index (Phi) is 3.23. The number of benzene rings is 2. The van der Waals surface area contributed by atoms with Gasteiger partial charge in [-0.1, -0.05) is 24.3 Å². The number of para-hydroxylation sites is 1. The third-order valence-electron chi connectivity index (χ3n) is 4.17. The monoisotopic (exact) mass is 304 g/mol. The molecule has 1 atom stereocenters. The summed E-state index contributed by atoms with van der Waals surface area (Å²) < 4.78 is 5.75. The Balaban J connectivity index is 1.60. The molecule has 0 aliphatic carbocycles. The van der Waals surface area contributed by atoms with Crippen LogP contribution in [0.25, 0.3) is 10.9 Å². The Labute approximate surface area is 134 Å². The molecule has 4 nitrogen and oxygen atoms in total. The number of carbonyl (C=O) groups excluding carboxylic acids is 1. The van der Waals surface area contributed by atoms with E-state index < -0.39 is 6.10 Å². The molecule has 0 radical (unpaired) electrons. The molecular formula is C19H16N2O2. The lowest BCUT2D eigenvalue weighted by atomic mass is 10.1. The van der Waals surface area contributed by atoms with Gasteiger partial charge in [0.1, 0.15) is 5.75 Å². The van der Waals surface area contributed by atoms with Crippen molar-refractivity contribution in [1.82, 2.24) is 4.98 Å². The van der Waals surface area contributed by atoms with Gasteiger partial charge in [0.25, 0.3) is 5.91 Å². The van der Waals surface area contributed by atoms with Crippen LogP contribution in [0.15, 0.2) is 54.7 Å². The van der Waals surface area contributed by atoms with Crippen molar-refractivity contribution in [3.8, 4) is 5.75 Å². The summed E-state index contributed by atoms with van der Waals surface area (Å²) in [5.74, 6) is 0.665. The van der Waals surface area contributed by atoms with Gasteiger partial charge in [0.05, 0.1) is 11.2 Å². The molecule has 2 heterocycles. The number of nitrogens with one attached hydrogen (secondary N) is 1. The van der Waals surface area contributed by atoms with E-state index in [1.807, 2.05) is 55.5 Å². The fourth-order valence-electron chi connectivity index (χ4n) is 2.96. The van der Waals surface area contributed by atoms with Crippen LogP contribution in [0, 0.1) is 6.92 Å². The third kappa shape index (κ3) is 2.42. The van der Waals surface area contributed by atoms with E-state index in [0.717, 1.165) is 33.5 Å². The lowest BCUT2D eigenvalue weighted by Crippen LogP contribution is -2.31. The topological polar surface area (TPSA) is 51.2 Å².